The third kappa shape index (κ3) is 3.93. The van der Waals surface area contributed by atoms with Crippen LogP contribution in [0.2, 0.25) is 0 Å². The van der Waals surface area contributed by atoms with Crippen LogP contribution in [0.5, 0.6) is 5.75 Å². The van der Waals surface area contributed by atoms with Crippen LogP contribution >= 0.6 is 0 Å². The lowest BCUT2D eigenvalue weighted by Gasteiger charge is -2.36. The van der Waals surface area contributed by atoms with Crippen LogP contribution in [0.25, 0.3) is 0 Å². The zero-order valence-electron chi connectivity index (χ0n) is 13.9. The fourth-order valence-electron chi connectivity index (χ4n) is 2.86. The van der Waals surface area contributed by atoms with Gasteiger partial charge in [0.2, 0.25) is 0 Å². The van der Waals surface area contributed by atoms with Gasteiger partial charge in [-0.2, -0.15) is 0 Å². The standard InChI is InChI=1S/C18H20N2O4S/c1-25(23,24)17-8-2-14(3-9-17)18(22)20-12-10-19(11-13-20)15-4-6-16(21)7-5-15/h2-9,21H,10-13H2,1H3. The zero-order chi connectivity index (χ0) is 18.0. The third-order valence-corrected chi connectivity index (χ3v) is 5.44. The first-order valence-electron chi connectivity index (χ1n) is 7.98. The highest BCUT2D eigenvalue weighted by Crippen LogP contribution is 2.20. The summed E-state index contributed by atoms with van der Waals surface area (Å²) in [5.41, 5.74) is 1.51. The first-order valence-corrected chi connectivity index (χ1v) is 9.87. The molecule has 6 nitrogen and oxygen atoms in total. The minimum atomic E-state index is -3.26. The van der Waals surface area contributed by atoms with E-state index in [1.807, 2.05) is 12.1 Å². The molecule has 0 unspecified atom stereocenters. The summed E-state index contributed by atoms with van der Waals surface area (Å²) in [6.07, 6.45) is 1.15. The van der Waals surface area contributed by atoms with E-state index < -0.39 is 9.84 Å². The number of anilines is 1. The van der Waals surface area contributed by atoms with E-state index in [1.165, 1.54) is 12.1 Å². The maximum absolute atomic E-state index is 12.6. The van der Waals surface area contributed by atoms with Crippen molar-refractivity contribution in [2.24, 2.45) is 0 Å². The van der Waals surface area contributed by atoms with E-state index in [4.69, 9.17) is 0 Å². The summed E-state index contributed by atoms with van der Waals surface area (Å²) in [5.74, 6) is 0.139. The van der Waals surface area contributed by atoms with Gasteiger partial charge in [0.25, 0.3) is 5.91 Å². The van der Waals surface area contributed by atoms with Crippen molar-refractivity contribution in [1.82, 2.24) is 4.90 Å². The number of aromatic hydroxyl groups is 1. The predicted octanol–water partition coefficient (Wildman–Crippen LogP) is 1.76. The molecule has 0 aliphatic carbocycles. The van der Waals surface area contributed by atoms with E-state index in [0.717, 1.165) is 11.9 Å². The van der Waals surface area contributed by atoms with E-state index in [0.29, 0.717) is 31.7 Å². The smallest absolute Gasteiger partial charge is 0.253 e. The monoisotopic (exact) mass is 360 g/mol. The first kappa shape index (κ1) is 17.3. The van der Waals surface area contributed by atoms with Gasteiger partial charge in [-0.25, -0.2) is 8.42 Å². The van der Waals surface area contributed by atoms with E-state index in [-0.39, 0.29) is 16.6 Å². The molecule has 1 heterocycles. The second-order valence-electron chi connectivity index (χ2n) is 6.09. The number of piperazine rings is 1. The van der Waals surface area contributed by atoms with Gasteiger partial charge in [-0.1, -0.05) is 0 Å². The molecule has 3 rings (SSSR count). The average molecular weight is 360 g/mol. The molecule has 1 amide bonds. The van der Waals surface area contributed by atoms with Crippen molar-refractivity contribution in [3.63, 3.8) is 0 Å². The largest absolute Gasteiger partial charge is 0.508 e. The molecule has 0 bridgehead atoms. The highest BCUT2D eigenvalue weighted by Gasteiger charge is 2.22. The summed E-state index contributed by atoms with van der Waals surface area (Å²) >= 11 is 0. The minimum absolute atomic E-state index is 0.0922. The number of sulfone groups is 1. The lowest BCUT2D eigenvalue weighted by molar-refractivity contribution is 0.0746. The quantitative estimate of drug-likeness (QED) is 0.902. The molecule has 2 aromatic rings. The van der Waals surface area contributed by atoms with Crippen molar-refractivity contribution in [3.05, 3.63) is 54.1 Å². The molecule has 0 spiro atoms. The molecule has 2 aromatic carbocycles. The molecule has 0 radical (unpaired) electrons. The van der Waals surface area contributed by atoms with Gasteiger partial charge >= 0.3 is 0 Å². The summed E-state index contributed by atoms with van der Waals surface area (Å²) in [5, 5.41) is 9.36. The Morgan fingerprint density at radius 2 is 1.48 bits per heavy atom. The van der Waals surface area contributed by atoms with Crippen LogP contribution in [0.4, 0.5) is 5.69 Å². The van der Waals surface area contributed by atoms with Crippen LogP contribution in [-0.2, 0) is 9.84 Å². The number of amides is 1. The first-order chi connectivity index (χ1) is 11.8. The van der Waals surface area contributed by atoms with E-state index in [1.54, 1.807) is 29.2 Å². The number of phenolic OH excluding ortho intramolecular Hbond substituents is 1. The molecule has 0 saturated carbocycles. The van der Waals surface area contributed by atoms with Gasteiger partial charge < -0.3 is 14.9 Å². The van der Waals surface area contributed by atoms with Crippen LogP contribution in [0.3, 0.4) is 0 Å². The molecule has 1 N–H and O–H groups in total. The van der Waals surface area contributed by atoms with E-state index in [9.17, 15) is 18.3 Å². The van der Waals surface area contributed by atoms with Crippen LogP contribution in [0.15, 0.2) is 53.4 Å². The van der Waals surface area contributed by atoms with Gasteiger partial charge in [0.05, 0.1) is 4.90 Å². The van der Waals surface area contributed by atoms with Crippen molar-refractivity contribution in [2.45, 2.75) is 4.90 Å². The highest BCUT2D eigenvalue weighted by molar-refractivity contribution is 7.90. The normalized spacial score (nSPS) is 15.2. The van der Waals surface area contributed by atoms with Crippen molar-refractivity contribution in [3.8, 4) is 5.75 Å². The number of phenols is 1. The number of carbonyl (C=O) groups excluding carboxylic acids is 1. The lowest BCUT2D eigenvalue weighted by Crippen LogP contribution is -2.48. The Balaban J connectivity index is 1.64. The van der Waals surface area contributed by atoms with Gasteiger partial charge in [0, 0.05) is 43.7 Å². The topological polar surface area (TPSA) is 77.9 Å². The SMILES string of the molecule is CS(=O)(=O)c1ccc(C(=O)N2CCN(c3ccc(O)cc3)CC2)cc1. The maximum Gasteiger partial charge on any atom is 0.253 e. The highest BCUT2D eigenvalue weighted by atomic mass is 32.2. The zero-order valence-corrected chi connectivity index (χ0v) is 14.7. The summed E-state index contributed by atoms with van der Waals surface area (Å²) in [6.45, 7) is 2.59. The van der Waals surface area contributed by atoms with Crippen LogP contribution in [-0.4, -0.2) is 56.8 Å². The van der Waals surface area contributed by atoms with Gasteiger partial charge in [-0.15, -0.1) is 0 Å². The molecule has 1 aliphatic heterocycles. The molecule has 1 fully saturated rings. The fraction of sp³-hybridized carbons (Fsp3) is 0.278. The lowest BCUT2D eigenvalue weighted by atomic mass is 10.1. The third-order valence-electron chi connectivity index (χ3n) is 4.31. The number of hydrogen-bond donors (Lipinski definition) is 1. The van der Waals surface area contributed by atoms with Crippen LogP contribution in [0, 0.1) is 0 Å². The average Bonchev–Trinajstić information content (AvgIpc) is 2.61. The Morgan fingerprint density at radius 1 is 0.920 bits per heavy atom. The Labute approximate surface area is 147 Å². The van der Waals surface area contributed by atoms with Crippen molar-refractivity contribution >= 4 is 21.4 Å². The van der Waals surface area contributed by atoms with Gasteiger partial charge in [0.1, 0.15) is 5.75 Å². The summed E-state index contributed by atoms with van der Waals surface area (Å²) in [7, 11) is -3.26. The number of benzene rings is 2. The predicted molar refractivity (Wildman–Crippen MR) is 95.8 cm³/mol. The molecule has 25 heavy (non-hydrogen) atoms. The number of rotatable bonds is 3. The summed E-state index contributed by atoms with van der Waals surface area (Å²) in [4.78, 5) is 16.7. The second-order valence-corrected chi connectivity index (χ2v) is 8.11. The molecular formula is C18H20N2O4S. The van der Waals surface area contributed by atoms with Crippen LogP contribution < -0.4 is 4.90 Å². The van der Waals surface area contributed by atoms with Gasteiger partial charge in [-0.3, -0.25) is 4.79 Å². The van der Waals surface area contributed by atoms with Gasteiger partial charge in [-0.05, 0) is 48.5 Å². The minimum Gasteiger partial charge on any atom is -0.508 e. The summed E-state index contributed by atoms with van der Waals surface area (Å²) < 4.78 is 23.0. The van der Waals surface area contributed by atoms with Crippen molar-refractivity contribution in [1.29, 1.82) is 0 Å². The number of nitrogens with zero attached hydrogens (tertiary/aromatic N) is 2. The molecular weight excluding hydrogens is 340 g/mol. The Bertz CT molecular complexity index is 853. The summed E-state index contributed by atoms with van der Waals surface area (Å²) in [6, 6.07) is 13.1. The second kappa shape index (κ2) is 6.76. The molecule has 7 heteroatoms. The van der Waals surface area contributed by atoms with E-state index in [2.05, 4.69) is 4.90 Å². The maximum atomic E-state index is 12.6. The van der Waals surface area contributed by atoms with E-state index >= 15 is 0 Å². The molecule has 0 aromatic heterocycles. The molecule has 132 valence electrons. The molecule has 1 aliphatic rings. The molecule has 1 saturated heterocycles. The van der Waals surface area contributed by atoms with Crippen LogP contribution in [0.1, 0.15) is 10.4 Å². The fourth-order valence-corrected chi connectivity index (χ4v) is 3.49. The number of carbonyl (C=O) groups is 1. The number of hydrogen-bond acceptors (Lipinski definition) is 5. The van der Waals surface area contributed by atoms with Crippen molar-refractivity contribution in [2.75, 3.05) is 37.3 Å². The van der Waals surface area contributed by atoms with Gasteiger partial charge in [0.15, 0.2) is 9.84 Å². The van der Waals surface area contributed by atoms with Crippen molar-refractivity contribution < 1.29 is 18.3 Å². The Hall–Kier alpha value is -2.54. The Morgan fingerprint density at radius 3 is 2.00 bits per heavy atom. The molecule has 0 atom stereocenters. The Kier molecular flexibility index (Phi) is 4.67.